The van der Waals surface area contributed by atoms with Crippen LogP contribution in [0.5, 0.6) is 0 Å². The summed E-state index contributed by atoms with van der Waals surface area (Å²) in [5, 5.41) is 0. The summed E-state index contributed by atoms with van der Waals surface area (Å²) in [6.45, 7) is 1.90. The monoisotopic (exact) mass is 364 g/mol. The molecule has 0 aliphatic rings. The summed E-state index contributed by atoms with van der Waals surface area (Å²) in [6.07, 6.45) is 0. The van der Waals surface area contributed by atoms with Crippen LogP contribution in [0, 0.1) is 14.4 Å². The third-order valence-corrected chi connectivity index (χ3v) is 3.08. The third kappa shape index (κ3) is 7.11. The Morgan fingerprint density at radius 2 is 1.76 bits per heavy atom. The molecule has 0 radical (unpaired) electrons. The normalized spacial score (nSPS) is 9.82. The van der Waals surface area contributed by atoms with Crippen LogP contribution in [0.15, 0.2) is 29.2 Å². The fourth-order valence-electron chi connectivity index (χ4n) is 0.951. The number of rotatable bonds is 4. The Bertz CT molecular complexity index is 395. The number of nitrogens with one attached hydrogen (secondary N) is 1. The molecule has 0 amide bonds. The topological polar surface area (TPSA) is 72.0 Å². The van der Waals surface area contributed by atoms with E-state index in [0.29, 0.717) is 0 Å². The minimum absolute atomic E-state index is 0. The number of hydrogen-bond donors (Lipinski definition) is 0. The standard InChI is InChI=1S/C9H12N2O2S.CH3.ClH.Ru/c1-8-2-4-9(5-3-8)14(12,13)11-7-6-10;;;/h2-5,10H,6-7H2,1H3;1H3;1H;/q-2;-1;;+4/p-1. The van der Waals surface area contributed by atoms with Crippen molar-refractivity contribution in [3.8, 4) is 0 Å². The summed E-state index contributed by atoms with van der Waals surface area (Å²) in [5.41, 5.74) is 7.83. The zero-order chi connectivity index (χ0) is 12.6. The minimum atomic E-state index is -3.53. The van der Waals surface area contributed by atoms with Gasteiger partial charge in [0.25, 0.3) is 0 Å². The Labute approximate surface area is 118 Å². The maximum atomic E-state index is 11.5. The van der Waals surface area contributed by atoms with Crippen LogP contribution in [0.2, 0.25) is 0 Å². The van der Waals surface area contributed by atoms with Crippen molar-refractivity contribution in [3.63, 3.8) is 0 Å². The molecule has 0 aromatic heterocycles. The predicted octanol–water partition coefficient (Wildman–Crippen LogP) is 3.25. The van der Waals surface area contributed by atoms with Gasteiger partial charge in [0.15, 0.2) is 0 Å². The van der Waals surface area contributed by atoms with E-state index in [-0.39, 0.29) is 25.4 Å². The average molecular weight is 364 g/mol. The maximum absolute atomic E-state index is 11.5. The van der Waals surface area contributed by atoms with Gasteiger partial charge in [-0.25, -0.2) is 8.42 Å². The first-order chi connectivity index (χ1) is 7.56. The Kier molecular flexibility index (Phi) is 11.4. The van der Waals surface area contributed by atoms with Crippen LogP contribution < -0.4 is 0 Å². The van der Waals surface area contributed by atoms with Crippen LogP contribution in [-0.2, 0) is 27.3 Å². The zero-order valence-corrected chi connectivity index (χ0v) is 12.9. The molecule has 1 aromatic carbocycles. The fourth-order valence-corrected chi connectivity index (χ4v) is 1.91. The summed E-state index contributed by atoms with van der Waals surface area (Å²) < 4.78 is 26.4. The first-order valence-corrected chi connectivity index (χ1v) is 8.02. The van der Waals surface area contributed by atoms with Crippen LogP contribution in [0.1, 0.15) is 5.56 Å². The van der Waals surface area contributed by atoms with Crippen molar-refractivity contribution in [2.24, 2.45) is 0 Å². The first kappa shape index (κ1) is 19.3. The molecule has 0 unspecified atom stereocenters. The van der Waals surface area contributed by atoms with Gasteiger partial charge in [-0.3, -0.25) is 0 Å². The molecule has 1 N–H and O–H groups in total. The van der Waals surface area contributed by atoms with Gasteiger partial charge in [-0.05, 0) is 19.1 Å². The Hall–Kier alpha value is 0.00338. The number of aryl methyl sites for hydroxylation is 1. The van der Waals surface area contributed by atoms with Gasteiger partial charge >= 0.3 is 27.0 Å². The predicted molar refractivity (Wildman–Crippen MR) is 68.0 cm³/mol. The number of benzene rings is 1. The Morgan fingerprint density at radius 1 is 1.29 bits per heavy atom. The van der Waals surface area contributed by atoms with Gasteiger partial charge in [-0.15, -0.1) is 0 Å². The van der Waals surface area contributed by atoms with Gasteiger partial charge in [-0.2, -0.15) is 13.1 Å². The van der Waals surface area contributed by atoms with Crippen LogP contribution in [-0.4, -0.2) is 21.5 Å². The van der Waals surface area contributed by atoms with Gasteiger partial charge in [0, 0.05) is 4.90 Å². The molecular weight excluding hydrogens is 349 g/mol. The van der Waals surface area contributed by atoms with Crippen LogP contribution in [0.3, 0.4) is 0 Å². The van der Waals surface area contributed by atoms with Gasteiger partial charge in [0.2, 0.25) is 0 Å². The van der Waals surface area contributed by atoms with E-state index in [2.05, 4.69) is 14.4 Å². The molecule has 0 fully saturated rings. The van der Waals surface area contributed by atoms with Crippen molar-refractivity contribution in [2.75, 3.05) is 13.1 Å². The molecule has 98 valence electrons. The second-order valence-electron chi connectivity index (χ2n) is 2.89. The number of hydrogen-bond acceptors (Lipinski definition) is 2. The molecule has 0 atom stereocenters. The van der Waals surface area contributed by atoms with E-state index in [4.69, 9.17) is 5.73 Å². The van der Waals surface area contributed by atoms with E-state index in [9.17, 15) is 8.42 Å². The van der Waals surface area contributed by atoms with Crippen molar-refractivity contribution in [3.05, 3.63) is 47.7 Å². The van der Waals surface area contributed by atoms with Gasteiger partial charge < -0.3 is 17.9 Å². The fraction of sp³-hybridized carbons (Fsp3) is 0.300. The Morgan fingerprint density at radius 3 is 2.18 bits per heavy atom. The van der Waals surface area contributed by atoms with Crippen molar-refractivity contribution in [1.29, 1.82) is 0 Å². The summed E-state index contributed by atoms with van der Waals surface area (Å²) in [7, 11) is 1.03. The van der Waals surface area contributed by atoms with Crippen molar-refractivity contribution >= 4 is 19.7 Å². The van der Waals surface area contributed by atoms with Crippen LogP contribution >= 0.6 is 9.69 Å². The number of sulfonamides is 1. The van der Waals surface area contributed by atoms with Gasteiger partial charge in [0.05, 0.1) is 0 Å². The molecule has 1 rings (SSSR count). The summed E-state index contributed by atoms with van der Waals surface area (Å²) in [5.74, 6) is 0. The number of nitrogens with zero attached hydrogens (tertiary/aromatic N) is 1. The summed E-state index contributed by atoms with van der Waals surface area (Å²) in [4.78, 5) is 0.191. The molecule has 17 heavy (non-hydrogen) atoms. The molecule has 0 saturated carbocycles. The average Bonchev–Trinajstić information content (AvgIpc) is 2.30. The second kappa shape index (κ2) is 9.98. The molecule has 4 nitrogen and oxygen atoms in total. The molecule has 0 bridgehead atoms. The quantitative estimate of drug-likeness (QED) is 0.608. The zero-order valence-electron chi connectivity index (χ0n) is 9.63. The van der Waals surface area contributed by atoms with E-state index in [0.717, 1.165) is 5.56 Å². The summed E-state index contributed by atoms with van der Waals surface area (Å²) in [6, 6.07) is 6.50. The SMILES string of the molecule is Cc1ccc(S(=O)(=O)[N-]CC[NH-])cc1.[CH3-].[Cl][Ru+3]. The molecule has 1 aromatic rings. The molecule has 7 heteroatoms. The van der Waals surface area contributed by atoms with Crippen molar-refractivity contribution < 1.29 is 25.7 Å². The summed E-state index contributed by atoms with van der Waals surface area (Å²) >= 11 is 1.82. The second-order valence-corrected chi connectivity index (χ2v) is 4.57. The molecule has 0 spiro atoms. The van der Waals surface area contributed by atoms with Crippen LogP contribution in [0.25, 0.3) is 10.5 Å². The van der Waals surface area contributed by atoms with E-state index in [1.54, 1.807) is 12.1 Å². The van der Waals surface area contributed by atoms with Crippen molar-refractivity contribution in [1.82, 2.24) is 0 Å². The molecule has 0 saturated heterocycles. The molecule has 0 aliphatic carbocycles. The van der Waals surface area contributed by atoms with Gasteiger partial charge in [-0.1, -0.05) is 17.7 Å². The third-order valence-electron chi connectivity index (χ3n) is 1.69. The molecular formula is C10H15ClN2O2RuS. The van der Waals surface area contributed by atoms with Crippen molar-refractivity contribution in [2.45, 2.75) is 11.8 Å². The first-order valence-electron chi connectivity index (χ1n) is 4.34. The van der Waals surface area contributed by atoms with E-state index in [1.165, 1.54) is 12.1 Å². The van der Waals surface area contributed by atoms with E-state index in [1.807, 2.05) is 24.2 Å². The number of halogens is 1. The molecule has 0 aliphatic heterocycles. The molecule has 0 heterocycles. The van der Waals surface area contributed by atoms with E-state index < -0.39 is 10.0 Å². The van der Waals surface area contributed by atoms with Crippen LogP contribution in [0.4, 0.5) is 0 Å². The van der Waals surface area contributed by atoms with E-state index >= 15 is 0 Å². The van der Waals surface area contributed by atoms with Gasteiger partial charge in [0.1, 0.15) is 10.0 Å². The Balaban J connectivity index is 0.